The fraction of sp³-hybridized carbons (Fsp3) is 0.0833. The number of rotatable bonds is 3. The van der Waals surface area contributed by atoms with Crippen molar-refractivity contribution in [2.24, 2.45) is 17.3 Å². The second-order valence-corrected chi connectivity index (χ2v) is 4.97. The number of pyridine rings is 1. The molecule has 20 heavy (non-hydrogen) atoms. The maximum Gasteiger partial charge on any atom is 0.182 e. The van der Waals surface area contributed by atoms with Gasteiger partial charge in [-0.3, -0.25) is 4.98 Å². The van der Waals surface area contributed by atoms with Gasteiger partial charge in [-0.05, 0) is 12.1 Å². The molecule has 0 aliphatic heterocycles. The van der Waals surface area contributed by atoms with Crippen molar-refractivity contribution in [3.63, 3.8) is 0 Å². The van der Waals surface area contributed by atoms with E-state index in [9.17, 15) is 0 Å². The summed E-state index contributed by atoms with van der Waals surface area (Å²) in [6, 6.07) is 5.52. The predicted molar refractivity (Wildman–Crippen MR) is 77.1 cm³/mol. The zero-order valence-corrected chi connectivity index (χ0v) is 11.4. The van der Waals surface area contributed by atoms with Gasteiger partial charge in [-0.25, -0.2) is 9.67 Å². The highest BCUT2D eigenvalue weighted by Gasteiger charge is 2.11. The number of nitrogens with two attached hydrogens (primary N) is 1. The third-order valence-corrected chi connectivity index (χ3v) is 3.37. The molecule has 0 unspecified atom stereocenters. The van der Waals surface area contributed by atoms with Gasteiger partial charge in [0, 0.05) is 31.1 Å². The lowest BCUT2D eigenvalue weighted by Gasteiger charge is -1.96. The molecule has 0 saturated heterocycles. The minimum Gasteiger partial charge on any atom is -0.375 e. The summed E-state index contributed by atoms with van der Waals surface area (Å²) in [6.07, 6.45) is 5.09. The van der Waals surface area contributed by atoms with Crippen LogP contribution < -0.4 is 5.73 Å². The molecule has 0 radical (unpaired) electrons. The average Bonchev–Trinajstić information content (AvgIpc) is 3.03. The van der Waals surface area contributed by atoms with Gasteiger partial charge in [-0.1, -0.05) is 11.3 Å². The summed E-state index contributed by atoms with van der Waals surface area (Å²) in [5, 5.41) is 13.5. The van der Waals surface area contributed by atoms with Crippen LogP contribution in [0.15, 0.2) is 47.0 Å². The molecule has 3 aromatic heterocycles. The van der Waals surface area contributed by atoms with Crippen molar-refractivity contribution in [3.8, 4) is 11.3 Å². The highest BCUT2D eigenvalue weighted by atomic mass is 32.1. The quantitative estimate of drug-likeness (QED) is 0.748. The molecule has 0 saturated carbocycles. The van der Waals surface area contributed by atoms with Crippen molar-refractivity contribution in [2.45, 2.75) is 0 Å². The SMILES string of the molecule is Cn1nccc1/N=N/c1sc(N)nc1-c1cccnc1. The second-order valence-electron chi connectivity index (χ2n) is 3.96. The Balaban J connectivity index is 1.99. The van der Waals surface area contributed by atoms with Crippen molar-refractivity contribution in [2.75, 3.05) is 5.73 Å². The summed E-state index contributed by atoms with van der Waals surface area (Å²) in [5.41, 5.74) is 7.31. The number of hydrogen-bond donors (Lipinski definition) is 1. The molecular formula is C12H11N7S. The summed E-state index contributed by atoms with van der Waals surface area (Å²) in [4.78, 5) is 8.36. The van der Waals surface area contributed by atoms with Crippen molar-refractivity contribution >= 4 is 27.3 Å². The number of anilines is 1. The molecule has 0 spiro atoms. The third-order valence-electron chi connectivity index (χ3n) is 2.60. The molecule has 8 heteroatoms. The molecule has 3 heterocycles. The third kappa shape index (κ3) is 2.41. The standard InChI is InChI=1S/C12H11N7S/c1-19-9(4-6-15-19)17-18-11-10(16-12(13)20-11)8-3-2-5-14-7-8/h2-7H,1H3,(H2,13,16)/b18-17+. The van der Waals surface area contributed by atoms with E-state index < -0.39 is 0 Å². The Labute approximate surface area is 118 Å². The topological polar surface area (TPSA) is 94.3 Å². The molecule has 3 rings (SSSR count). The molecule has 2 N–H and O–H groups in total. The highest BCUT2D eigenvalue weighted by Crippen LogP contribution is 2.37. The van der Waals surface area contributed by atoms with Crippen LogP contribution in [0.4, 0.5) is 16.0 Å². The number of nitrogen functional groups attached to an aromatic ring is 1. The smallest absolute Gasteiger partial charge is 0.182 e. The van der Waals surface area contributed by atoms with E-state index in [0.717, 1.165) is 5.56 Å². The Bertz CT molecular complexity index is 744. The normalized spacial score (nSPS) is 11.2. The minimum absolute atomic E-state index is 0.447. The number of hydrogen-bond acceptors (Lipinski definition) is 7. The Morgan fingerprint density at radius 1 is 1.25 bits per heavy atom. The van der Waals surface area contributed by atoms with E-state index >= 15 is 0 Å². The van der Waals surface area contributed by atoms with Crippen molar-refractivity contribution in [3.05, 3.63) is 36.8 Å². The van der Waals surface area contributed by atoms with Gasteiger partial charge in [0.1, 0.15) is 5.69 Å². The molecular weight excluding hydrogens is 274 g/mol. The van der Waals surface area contributed by atoms with Crippen LogP contribution in [-0.2, 0) is 7.05 Å². The van der Waals surface area contributed by atoms with Gasteiger partial charge in [0.05, 0.1) is 6.20 Å². The highest BCUT2D eigenvalue weighted by molar-refractivity contribution is 7.19. The maximum atomic E-state index is 5.76. The van der Waals surface area contributed by atoms with E-state index in [1.807, 2.05) is 12.1 Å². The molecule has 0 atom stereocenters. The van der Waals surface area contributed by atoms with Gasteiger partial charge < -0.3 is 5.73 Å². The van der Waals surface area contributed by atoms with E-state index in [4.69, 9.17) is 5.73 Å². The van der Waals surface area contributed by atoms with E-state index in [1.165, 1.54) is 11.3 Å². The summed E-state index contributed by atoms with van der Waals surface area (Å²) >= 11 is 1.29. The number of nitrogens with zero attached hydrogens (tertiary/aromatic N) is 6. The lowest BCUT2D eigenvalue weighted by molar-refractivity contribution is 0.764. The van der Waals surface area contributed by atoms with Crippen molar-refractivity contribution in [1.82, 2.24) is 19.7 Å². The van der Waals surface area contributed by atoms with Gasteiger partial charge in [-0.2, -0.15) is 5.10 Å². The Morgan fingerprint density at radius 3 is 2.85 bits per heavy atom. The van der Waals surface area contributed by atoms with E-state index in [-0.39, 0.29) is 0 Å². The lowest BCUT2D eigenvalue weighted by atomic mass is 10.2. The van der Waals surface area contributed by atoms with E-state index in [1.54, 1.807) is 36.4 Å². The van der Waals surface area contributed by atoms with Crippen LogP contribution in [0.25, 0.3) is 11.3 Å². The number of azo groups is 1. The molecule has 0 aromatic carbocycles. The van der Waals surface area contributed by atoms with Crippen molar-refractivity contribution in [1.29, 1.82) is 0 Å². The largest absolute Gasteiger partial charge is 0.375 e. The zero-order valence-electron chi connectivity index (χ0n) is 10.6. The fourth-order valence-corrected chi connectivity index (χ4v) is 2.33. The van der Waals surface area contributed by atoms with Crippen LogP contribution in [0, 0.1) is 0 Å². The molecule has 0 fully saturated rings. The molecule has 7 nitrogen and oxygen atoms in total. The second kappa shape index (κ2) is 5.17. The first-order chi connectivity index (χ1) is 9.74. The summed E-state index contributed by atoms with van der Waals surface area (Å²) in [5.74, 6) is 0.661. The first-order valence-corrected chi connectivity index (χ1v) is 6.62. The first-order valence-electron chi connectivity index (χ1n) is 5.80. The molecule has 3 aromatic rings. The van der Waals surface area contributed by atoms with Gasteiger partial charge in [0.15, 0.2) is 16.0 Å². The number of aromatic nitrogens is 4. The minimum atomic E-state index is 0.447. The predicted octanol–water partition coefficient (Wildman–Crippen LogP) is 2.94. The Kier molecular flexibility index (Phi) is 3.21. The summed E-state index contributed by atoms with van der Waals surface area (Å²) in [7, 11) is 1.80. The molecule has 100 valence electrons. The number of thiazole rings is 1. The van der Waals surface area contributed by atoms with Crippen LogP contribution >= 0.6 is 11.3 Å². The molecule has 0 aliphatic rings. The fourth-order valence-electron chi connectivity index (χ4n) is 1.65. The van der Waals surface area contributed by atoms with Crippen LogP contribution in [-0.4, -0.2) is 19.7 Å². The van der Waals surface area contributed by atoms with E-state index in [2.05, 4.69) is 25.3 Å². The average molecular weight is 285 g/mol. The maximum absolute atomic E-state index is 5.76. The van der Waals surface area contributed by atoms with Gasteiger partial charge in [0.25, 0.3) is 0 Å². The Hall–Kier alpha value is -2.61. The van der Waals surface area contributed by atoms with Crippen LogP contribution in [0.2, 0.25) is 0 Å². The molecule has 0 bridgehead atoms. The molecule has 0 amide bonds. The van der Waals surface area contributed by atoms with Gasteiger partial charge in [0.2, 0.25) is 0 Å². The lowest BCUT2D eigenvalue weighted by Crippen LogP contribution is -1.86. The molecule has 0 aliphatic carbocycles. The van der Waals surface area contributed by atoms with Gasteiger partial charge in [-0.15, -0.1) is 10.2 Å². The zero-order chi connectivity index (χ0) is 13.9. The monoisotopic (exact) mass is 285 g/mol. The van der Waals surface area contributed by atoms with Crippen LogP contribution in [0.1, 0.15) is 0 Å². The van der Waals surface area contributed by atoms with Crippen LogP contribution in [0.3, 0.4) is 0 Å². The van der Waals surface area contributed by atoms with Crippen molar-refractivity contribution < 1.29 is 0 Å². The van der Waals surface area contributed by atoms with Crippen LogP contribution in [0.5, 0.6) is 0 Å². The summed E-state index contributed by atoms with van der Waals surface area (Å²) in [6.45, 7) is 0. The summed E-state index contributed by atoms with van der Waals surface area (Å²) < 4.78 is 1.64. The number of aryl methyl sites for hydroxylation is 1. The Morgan fingerprint density at radius 2 is 2.15 bits per heavy atom. The first kappa shape index (κ1) is 12.4. The van der Waals surface area contributed by atoms with Gasteiger partial charge >= 0.3 is 0 Å². The van der Waals surface area contributed by atoms with E-state index in [0.29, 0.717) is 21.6 Å².